The molecule has 1 aromatic rings. The summed E-state index contributed by atoms with van der Waals surface area (Å²) in [5.74, 6) is -2.32. The minimum atomic E-state index is -1.02. The van der Waals surface area contributed by atoms with Crippen LogP contribution in [-0.4, -0.2) is 35.1 Å². The van der Waals surface area contributed by atoms with E-state index in [1.165, 1.54) is 6.07 Å². The predicted molar refractivity (Wildman–Crippen MR) is 62.0 cm³/mol. The molecule has 0 aliphatic carbocycles. The topological polar surface area (TPSA) is 40.5 Å². The van der Waals surface area contributed by atoms with Crippen molar-refractivity contribution in [1.29, 1.82) is 0 Å². The van der Waals surface area contributed by atoms with Gasteiger partial charge in [0.25, 0.3) is 5.91 Å². The molecule has 1 fully saturated rings. The zero-order chi connectivity index (χ0) is 13.3. The Balaban J connectivity index is 2.14. The highest BCUT2D eigenvalue weighted by atomic mass is 19.2. The molecule has 1 N–H and O–H groups in total. The van der Waals surface area contributed by atoms with Crippen molar-refractivity contribution >= 4 is 5.91 Å². The van der Waals surface area contributed by atoms with E-state index in [0.29, 0.717) is 19.5 Å². The van der Waals surface area contributed by atoms with Crippen LogP contribution in [0.2, 0.25) is 0 Å². The summed E-state index contributed by atoms with van der Waals surface area (Å²) in [6.07, 6.45) is 0.107. The molecule has 1 aromatic carbocycles. The quantitative estimate of drug-likeness (QED) is 0.831. The molecule has 0 spiro atoms. The average molecular weight is 255 g/mol. The van der Waals surface area contributed by atoms with Crippen molar-refractivity contribution in [3.05, 3.63) is 35.4 Å². The van der Waals surface area contributed by atoms with Crippen LogP contribution in [0.4, 0.5) is 8.78 Å². The van der Waals surface area contributed by atoms with Gasteiger partial charge in [0.05, 0.1) is 6.10 Å². The lowest BCUT2D eigenvalue weighted by Gasteiger charge is -2.34. The van der Waals surface area contributed by atoms with Gasteiger partial charge in [0.15, 0.2) is 11.6 Å². The zero-order valence-electron chi connectivity index (χ0n) is 10.1. The highest BCUT2D eigenvalue weighted by Crippen LogP contribution is 2.19. The van der Waals surface area contributed by atoms with Crippen LogP contribution in [0, 0.1) is 17.6 Å². The third kappa shape index (κ3) is 2.51. The lowest BCUT2D eigenvalue weighted by atomic mass is 9.96. The fourth-order valence-corrected chi connectivity index (χ4v) is 2.13. The van der Waals surface area contributed by atoms with Gasteiger partial charge < -0.3 is 10.0 Å². The third-order valence-corrected chi connectivity index (χ3v) is 3.31. The summed E-state index contributed by atoms with van der Waals surface area (Å²) in [7, 11) is 0. The first kappa shape index (κ1) is 13.0. The predicted octanol–water partition coefficient (Wildman–Crippen LogP) is 1.81. The van der Waals surface area contributed by atoms with Crippen LogP contribution in [0.5, 0.6) is 0 Å². The number of halogens is 2. The molecular weight excluding hydrogens is 240 g/mol. The van der Waals surface area contributed by atoms with Crippen LogP contribution in [-0.2, 0) is 0 Å². The number of hydrogen-bond acceptors (Lipinski definition) is 2. The van der Waals surface area contributed by atoms with Gasteiger partial charge in [-0.3, -0.25) is 4.79 Å². The van der Waals surface area contributed by atoms with Crippen molar-refractivity contribution in [3.63, 3.8) is 0 Å². The van der Waals surface area contributed by atoms with E-state index in [2.05, 4.69) is 0 Å². The third-order valence-electron chi connectivity index (χ3n) is 3.31. The van der Waals surface area contributed by atoms with Gasteiger partial charge in [-0.25, -0.2) is 8.78 Å². The number of hydrogen-bond donors (Lipinski definition) is 1. The summed E-state index contributed by atoms with van der Waals surface area (Å²) in [5.41, 5.74) is 0.137. The number of amides is 1. The molecule has 0 saturated carbocycles. The Bertz CT molecular complexity index is 464. The smallest absolute Gasteiger partial charge is 0.253 e. The van der Waals surface area contributed by atoms with E-state index in [0.717, 1.165) is 12.1 Å². The average Bonchev–Trinajstić information content (AvgIpc) is 2.35. The second-order valence-electron chi connectivity index (χ2n) is 4.71. The Morgan fingerprint density at radius 1 is 1.39 bits per heavy atom. The zero-order valence-corrected chi connectivity index (χ0v) is 10.1. The Morgan fingerprint density at radius 2 is 2.11 bits per heavy atom. The Morgan fingerprint density at radius 3 is 2.72 bits per heavy atom. The molecule has 0 aromatic heterocycles. The maximum atomic E-state index is 13.1. The number of likely N-dealkylation sites (tertiary alicyclic amines) is 1. The van der Waals surface area contributed by atoms with Crippen molar-refractivity contribution < 1.29 is 18.7 Å². The standard InChI is InChI=1S/C13H15F2NO2/c1-8-7-16(5-4-12(8)17)13(18)9-2-3-10(14)11(15)6-9/h2-3,6,8,12,17H,4-5,7H2,1H3. The molecule has 0 radical (unpaired) electrons. The maximum absolute atomic E-state index is 13.1. The minimum Gasteiger partial charge on any atom is -0.393 e. The van der Waals surface area contributed by atoms with Gasteiger partial charge in [0.2, 0.25) is 0 Å². The summed E-state index contributed by atoms with van der Waals surface area (Å²) in [6.45, 7) is 2.72. The van der Waals surface area contributed by atoms with Crippen LogP contribution < -0.4 is 0 Å². The van der Waals surface area contributed by atoms with Crippen molar-refractivity contribution in [2.75, 3.05) is 13.1 Å². The molecule has 1 aliphatic rings. The summed E-state index contributed by atoms with van der Waals surface area (Å²) < 4.78 is 25.8. The molecule has 1 heterocycles. The molecule has 0 bridgehead atoms. The summed E-state index contributed by atoms with van der Waals surface area (Å²) in [4.78, 5) is 13.6. The van der Waals surface area contributed by atoms with E-state index >= 15 is 0 Å². The number of benzene rings is 1. The maximum Gasteiger partial charge on any atom is 0.253 e. The van der Waals surface area contributed by atoms with Gasteiger partial charge in [0, 0.05) is 18.7 Å². The second-order valence-corrected chi connectivity index (χ2v) is 4.71. The summed E-state index contributed by atoms with van der Waals surface area (Å²) >= 11 is 0. The normalized spacial score (nSPS) is 24.1. The highest BCUT2D eigenvalue weighted by Gasteiger charge is 2.27. The van der Waals surface area contributed by atoms with Gasteiger partial charge in [0.1, 0.15) is 0 Å². The van der Waals surface area contributed by atoms with E-state index in [4.69, 9.17) is 0 Å². The van der Waals surface area contributed by atoms with E-state index < -0.39 is 17.7 Å². The molecule has 5 heteroatoms. The molecule has 3 nitrogen and oxygen atoms in total. The fourth-order valence-electron chi connectivity index (χ4n) is 2.13. The van der Waals surface area contributed by atoms with Gasteiger partial charge >= 0.3 is 0 Å². The van der Waals surface area contributed by atoms with Gasteiger partial charge in [-0.15, -0.1) is 0 Å². The number of rotatable bonds is 1. The second kappa shape index (κ2) is 5.02. The van der Waals surface area contributed by atoms with Gasteiger partial charge in [-0.2, -0.15) is 0 Å². The molecule has 18 heavy (non-hydrogen) atoms. The minimum absolute atomic E-state index is 0.00649. The number of aliphatic hydroxyl groups excluding tert-OH is 1. The lowest BCUT2D eigenvalue weighted by Crippen LogP contribution is -2.45. The fraction of sp³-hybridized carbons (Fsp3) is 0.462. The first-order valence-corrected chi connectivity index (χ1v) is 5.91. The number of aliphatic hydroxyl groups is 1. The molecule has 1 saturated heterocycles. The number of piperidine rings is 1. The number of carbonyl (C=O) groups excluding carboxylic acids is 1. The molecule has 98 valence electrons. The van der Waals surface area contributed by atoms with Crippen molar-refractivity contribution in [1.82, 2.24) is 4.90 Å². The van der Waals surface area contributed by atoms with Gasteiger partial charge in [-0.05, 0) is 30.5 Å². The van der Waals surface area contributed by atoms with Crippen molar-refractivity contribution in [2.24, 2.45) is 5.92 Å². The molecular formula is C13H15F2NO2. The van der Waals surface area contributed by atoms with Crippen LogP contribution in [0.1, 0.15) is 23.7 Å². The molecule has 1 amide bonds. The van der Waals surface area contributed by atoms with Crippen LogP contribution in [0.15, 0.2) is 18.2 Å². The number of carbonyl (C=O) groups is 1. The Labute approximate surface area is 104 Å². The Kier molecular flexibility index (Phi) is 3.61. The summed E-state index contributed by atoms with van der Waals surface area (Å²) in [5, 5.41) is 9.58. The lowest BCUT2D eigenvalue weighted by molar-refractivity contribution is 0.0297. The van der Waals surface area contributed by atoms with E-state index in [1.807, 2.05) is 6.92 Å². The van der Waals surface area contributed by atoms with Crippen LogP contribution in [0.25, 0.3) is 0 Å². The van der Waals surface area contributed by atoms with Crippen LogP contribution in [0.3, 0.4) is 0 Å². The first-order valence-electron chi connectivity index (χ1n) is 5.91. The van der Waals surface area contributed by atoms with Crippen molar-refractivity contribution in [2.45, 2.75) is 19.4 Å². The molecule has 2 rings (SSSR count). The van der Waals surface area contributed by atoms with E-state index in [1.54, 1.807) is 4.90 Å². The van der Waals surface area contributed by atoms with Crippen molar-refractivity contribution in [3.8, 4) is 0 Å². The van der Waals surface area contributed by atoms with Gasteiger partial charge in [-0.1, -0.05) is 6.92 Å². The molecule has 2 atom stereocenters. The highest BCUT2D eigenvalue weighted by molar-refractivity contribution is 5.94. The SMILES string of the molecule is CC1CN(C(=O)c2ccc(F)c(F)c2)CCC1O. The van der Waals surface area contributed by atoms with Crippen LogP contribution >= 0.6 is 0 Å². The molecule has 2 unspecified atom stereocenters. The Hall–Kier alpha value is -1.49. The monoisotopic (exact) mass is 255 g/mol. The summed E-state index contributed by atoms with van der Waals surface area (Å²) in [6, 6.07) is 3.13. The first-order chi connectivity index (χ1) is 8.49. The largest absolute Gasteiger partial charge is 0.393 e. The van der Waals surface area contributed by atoms with E-state index in [-0.39, 0.29) is 17.4 Å². The van der Waals surface area contributed by atoms with E-state index in [9.17, 15) is 18.7 Å². The molecule has 1 aliphatic heterocycles. The number of nitrogens with zero attached hydrogens (tertiary/aromatic N) is 1.